The smallest absolute Gasteiger partial charge is 0.256 e. The maximum Gasteiger partial charge on any atom is 0.256 e. The Hall–Kier alpha value is -1.78. The molecule has 0 bridgehead atoms. The van der Waals surface area contributed by atoms with Crippen LogP contribution in [0.4, 0.5) is 5.82 Å². The predicted octanol–water partition coefficient (Wildman–Crippen LogP) is 1.41. The fourth-order valence-corrected chi connectivity index (χ4v) is 1.51. The highest BCUT2D eigenvalue weighted by atomic mass is 16.5. The summed E-state index contributed by atoms with van der Waals surface area (Å²) in [5.41, 5.74) is 0.498. The number of amides is 1. The molecule has 92 valence electrons. The summed E-state index contributed by atoms with van der Waals surface area (Å²) in [6.07, 6.45) is 3.68. The molecular formula is C12H17N3O2. The Labute approximate surface area is 101 Å². The molecule has 1 heterocycles. The lowest BCUT2D eigenvalue weighted by molar-refractivity contribution is 0.0947. The number of hydrogen-bond acceptors (Lipinski definition) is 4. The van der Waals surface area contributed by atoms with Crippen molar-refractivity contribution in [3.05, 3.63) is 17.8 Å². The second-order valence-electron chi connectivity index (χ2n) is 4.00. The van der Waals surface area contributed by atoms with Crippen molar-refractivity contribution in [2.24, 2.45) is 0 Å². The van der Waals surface area contributed by atoms with Crippen LogP contribution < -0.4 is 15.4 Å². The molecule has 0 spiro atoms. The molecule has 0 aromatic carbocycles. The molecule has 1 amide bonds. The number of carbonyl (C=O) groups is 1. The van der Waals surface area contributed by atoms with Gasteiger partial charge in [-0.25, -0.2) is 4.98 Å². The van der Waals surface area contributed by atoms with Crippen LogP contribution in [0.1, 0.15) is 30.1 Å². The molecule has 2 N–H and O–H groups in total. The van der Waals surface area contributed by atoms with Gasteiger partial charge in [0.2, 0.25) is 0 Å². The van der Waals surface area contributed by atoms with Gasteiger partial charge in [0, 0.05) is 25.4 Å². The van der Waals surface area contributed by atoms with E-state index in [1.165, 1.54) is 0 Å². The molecule has 1 aliphatic rings. The molecule has 5 nitrogen and oxygen atoms in total. The molecule has 0 saturated heterocycles. The lowest BCUT2D eigenvalue weighted by Gasteiger charge is -2.11. The van der Waals surface area contributed by atoms with Gasteiger partial charge in [-0.2, -0.15) is 0 Å². The van der Waals surface area contributed by atoms with Gasteiger partial charge in [-0.3, -0.25) is 4.79 Å². The van der Waals surface area contributed by atoms with Gasteiger partial charge >= 0.3 is 0 Å². The van der Waals surface area contributed by atoms with E-state index in [-0.39, 0.29) is 5.91 Å². The number of nitrogens with zero attached hydrogens (tertiary/aromatic N) is 1. The minimum atomic E-state index is -0.105. The number of aromatic nitrogens is 1. The van der Waals surface area contributed by atoms with Crippen molar-refractivity contribution < 1.29 is 9.53 Å². The summed E-state index contributed by atoms with van der Waals surface area (Å²) < 4.78 is 5.46. The third-order valence-corrected chi connectivity index (χ3v) is 2.58. The average molecular weight is 235 g/mol. The maximum absolute atomic E-state index is 11.9. The van der Waals surface area contributed by atoms with E-state index in [2.05, 4.69) is 15.6 Å². The minimum Gasteiger partial charge on any atom is -0.493 e. The summed E-state index contributed by atoms with van der Waals surface area (Å²) in [5.74, 6) is 1.16. The first-order valence-corrected chi connectivity index (χ1v) is 5.86. The van der Waals surface area contributed by atoms with E-state index >= 15 is 0 Å². The van der Waals surface area contributed by atoms with E-state index in [4.69, 9.17) is 4.74 Å². The van der Waals surface area contributed by atoms with E-state index in [9.17, 15) is 4.79 Å². The third-order valence-electron chi connectivity index (χ3n) is 2.58. The summed E-state index contributed by atoms with van der Waals surface area (Å²) in [5, 5.41) is 5.85. The van der Waals surface area contributed by atoms with Crippen LogP contribution in [0.2, 0.25) is 0 Å². The van der Waals surface area contributed by atoms with Crippen molar-refractivity contribution >= 4 is 11.7 Å². The zero-order valence-corrected chi connectivity index (χ0v) is 10.1. The van der Waals surface area contributed by atoms with E-state index < -0.39 is 0 Å². The number of pyridine rings is 1. The second kappa shape index (κ2) is 5.03. The third kappa shape index (κ3) is 2.87. The summed E-state index contributed by atoms with van der Waals surface area (Å²) in [6, 6.07) is 2.08. The highest BCUT2D eigenvalue weighted by molar-refractivity contribution is 5.97. The van der Waals surface area contributed by atoms with Gasteiger partial charge in [-0.15, -0.1) is 0 Å². The zero-order chi connectivity index (χ0) is 12.3. The zero-order valence-electron chi connectivity index (χ0n) is 10.1. The minimum absolute atomic E-state index is 0.105. The number of ether oxygens (including phenoxy) is 1. The topological polar surface area (TPSA) is 63.2 Å². The first-order valence-electron chi connectivity index (χ1n) is 5.86. The molecule has 1 fully saturated rings. The normalized spacial score (nSPS) is 14.2. The first kappa shape index (κ1) is 11.7. The molecule has 0 atom stereocenters. The number of carbonyl (C=O) groups excluding carboxylic acids is 1. The Kier molecular flexibility index (Phi) is 3.46. The molecule has 0 aliphatic heterocycles. The Balaban J connectivity index is 2.20. The Morgan fingerprint density at radius 1 is 1.59 bits per heavy atom. The summed E-state index contributed by atoms with van der Waals surface area (Å²) in [6.45, 7) is 2.42. The molecule has 2 rings (SSSR count). The van der Waals surface area contributed by atoms with Crippen LogP contribution in [-0.4, -0.2) is 30.6 Å². The van der Waals surface area contributed by atoms with Gasteiger partial charge in [-0.05, 0) is 19.8 Å². The summed E-state index contributed by atoms with van der Waals surface area (Å²) in [7, 11) is 1.78. The van der Waals surface area contributed by atoms with E-state index in [1.54, 1.807) is 19.3 Å². The van der Waals surface area contributed by atoms with Gasteiger partial charge in [0.1, 0.15) is 11.6 Å². The Morgan fingerprint density at radius 3 is 2.94 bits per heavy atom. The molecule has 0 radical (unpaired) electrons. The predicted molar refractivity (Wildman–Crippen MR) is 65.4 cm³/mol. The molecule has 1 aromatic heterocycles. The number of nitrogens with one attached hydrogen (secondary N) is 2. The number of anilines is 1. The van der Waals surface area contributed by atoms with Crippen LogP contribution in [0.15, 0.2) is 12.3 Å². The van der Waals surface area contributed by atoms with Crippen molar-refractivity contribution in [1.82, 2.24) is 10.3 Å². The Morgan fingerprint density at radius 2 is 2.35 bits per heavy atom. The van der Waals surface area contributed by atoms with Crippen LogP contribution in [0, 0.1) is 0 Å². The first-order chi connectivity index (χ1) is 8.24. The largest absolute Gasteiger partial charge is 0.493 e. The van der Waals surface area contributed by atoms with Gasteiger partial charge in [0.05, 0.1) is 12.2 Å². The molecule has 1 aliphatic carbocycles. The van der Waals surface area contributed by atoms with E-state index in [0.29, 0.717) is 29.8 Å². The molecule has 1 saturated carbocycles. The highest BCUT2D eigenvalue weighted by Gasteiger charge is 2.25. The van der Waals surface area contributed by atoms with Gasteiger partial charge in [0.25, 0.3) is 5.91 Å². The van der Waals surface area contributed by atoms with Crippen LogP contribution >= 0.6 is 0 Å². The molecule has 5 heteroatoms. The fraction of sp³-hybridized carbons (Fsp3) is 0.500. The average Bonchev–Trinajstić information content (AvgIpc) is 3.13. The molecule has 0 unspecified atom stereocenters. The second-order valence-corrected chi connectivity index (χ2v) is 4.00. The number of rotatable bonds is 5. The fourth-order valence-electron chi connectivity index (χ4n) is 1.51. The van der Waals surface area contributed by atoms with Gasteiger partial charge in [-0.1, -0.05) is 0 Å². The van der Waals surface area contributed by atoms with Gasteiger partial charge in [0.15, 0.2) is 0 Å². The van der Waals surface area contributed by atoms with Crippen molar-refractivity contribution in [1.29, 1.82) is 0 Å². The summed E-state index contributed by atoms with van der Waals surface area (Å²) in [4.78, 5) is 16.1. The monoisotopic (exact) mass is 235 g/mol. The van der Waals surface area contributed by atoms with Crippen molar-refractivity contribution in [2.75, 3.05) is 19.0 Å². The van der Waals surface area contributed by atoms with Crippen molar-refractivity contribution in [2.45, 2.75) is 25.8 Å². The van der Waals surface area contributed by atoms with E-state index in [0.717, 1.165) is 12.8 Å². The number of hydrogen-bond donors (Lipinski definition) is 2. The van der Waals surface area contributed by atoms with Crippen molar-refractivity contribution in [3.8, 4) is 5.75 Å². The van der Waals surface area contributed by atoms with E-state index in [1.807, 2.05) is 6.92 Å². The standard InChI is InChI=1S/C12H17N3O2/c1-3-17-10-6-11(13-2)14-7-9(10)12(16)15-8-4-5-8/h6-8H,3-5H2,1-2H3,(H,13,14)(H,15,16). The van der Waals surface area contributed by atoms with Crippen molar-refractivity contribution in [3.63, 3.8) is 0 Å². The maximum atomic E-state index is 11.9. The lowest BCUT2D eigenvalue weighted by atomic mass is 10.2. The highest BCUT2D eigenvalue weighted by Crippen LogP contribution is 2.24. The van der Waals surface area contributed by atoms with Crippen LogP contribution in [-0.2, 0) is 0 Å². The lowest BCUT2D eigenvalue weighted by Crippen LogP contribution is -2.26. The SMILES string of the molecule is CCOc1cc(NC)ncc1C(=O)NC1CC1. The molecule has 17 heavy (non-hydrogen) atoms. The van der Waals surface area contributed by atoms with Crippen LogP contribution in [0.25, 0.3) is 0 Å². The van der Waals surface area contributed by atoms with Crippen LogP contribution in [0.3, 0.4) is 0 Å². The summed E-state index contributed by atoms with van der Waals surface area (Å²) >= 11 is 0. The quantitative estimate of drug-likeness (QED) is 0.810. The molecular weight excluding hydrogens is 218 g/mol. The van der Waals surface area contributed by atoms with Gasteiger partial charge < -0.3 is 15.4 Å². The Bertz CT molecular complexity index is 416. The molecule has 1 aromatic rings. The van der Waals surface area contributed by atoms with Crippen LogP contribution in [0.5, 0.6) is 5.75 Å².